The van der Waals surface area contributed by atoms with Crippen molar-refractivity contribution >= 4 is 28.9 Å². The number of ketones is 1. The summed E-state index contributed by atoms with van der Waals surface area (Å²) in [7, 11) is 0. The second-order valence-corrected chi connectivity index (χ2v) is 5.24. The zero-order chi connectivity index (χ0) is 17.6. The number of hydrogen-bond acceptors (Lipinski definition) is 7. The first-order valence-corrected chi connectivity index (χ1v) is 7.49. The van der Waals surface area contributed by atoms with Crippen LogP contribution in [0.4, 0.5) is 23.1 Å². The zero-order valence-corrected chi connectivity index (χ0v) is 13.4. The van der Waals surface area contributed by atoms with E-state index in [2.05, 4.69) is 31.9 Å². The molecule has 0 spiro atoms. The van der Waals surface area contributed by atoms with Gasteiger partial charge >= 0.3 is 0 Å². The highest BCUT2D eigenvalue weighted by Gasteiger charge is 2.04. The summed E-state index contributed by atoms with van der Waals surface area (Å²) in [5.74, 6) is 0.803. The van der Waals surface area contributed by atoms with Crippen LogP contribution in [-0.4, -0.2) is 21.0 Å². The summed E-state index contributed by atoms with van der Waals surface area (Å²) in [6.07, 6.45) is 1.49. The first-order valence-electron chi connectivity index (χ1n) is 7.49. The Morgan fingerprint density at radius 2 is 1.88 bits per heavy atom. The minimum absolute atomic E-state index is 0.00682. The molecule has 0 bridgehead atoms. The molecule has 0 aliphatic rings. The summed E-state index contributed by atoms with van der Waals surface area (Å²) < 4.78 is 0. The molecular weight excluding hydrogens is 316 g/mol. The van der Waals surface area contributed by atoms with Gasteiger partial charge in [-0.15, -0.1) is 5.10 Å². The Kier molecular flexibility index (Phi) is 4.62. The van der Waals surface area contributed by atoms with Gasteiger partial charge in [-0.2, -0.15) is 15.3 Å². The number of rotatable bonds is 5. The molecule has 0 aliphatic heterocycles. The number of aromatic nitrogens is 3. The molecule has 0 atom stereocenters. The predicted molar refractivity (Wildman–Crippen MR) is 94.0 cm³/mol. The minimum Gasteiger partial charge on any atom is -0.339 e. The minimum atomic E-state index is -0.00682. The largest absolute Gasteiger partial charge is 0.339 e. The lowest BCUT2D eigenvalue weighted by Gasteiger charge is -2.08. The molecule has 0 aliphatic carbocycles. The van der Waals surface area contributed by atoms with Gasteiger partial charge in [-0.05, 0) is 43.3 Å². The van der Waals surface area contributed by atoms with Gasteiger partial charge in [0.05, 0.1) is 17.8 Å². The average molecular weight is 330 g/mol. The van der Waals surface area contributed by atoms with Gasteiger partial charge in [0, 0.05) is 16.9 Å². The summed E-state index contributed by atoms with van der Waals surface area (Å²) in [6.45, 7) is 1.52. The van der Waals surface area contributed by atoms with Gasteiger partial charge in [0.15, 0.2) is 11.6 Å². The van der Waals surface area contributed by atoms with Gasteiger partial charge in [0.25, 0.3) is 0 Å². The number of nitrogens with one attached hydrogen (secondary N) is 2. The Hall–Kier alpha value is -3.79. The monoisotopic (exact) mass is 330 g/mol. The fourth-order valence-corrected chi connectivity index (χ4v) is 2.14. The number of nitrogens with zero attached hydrogens (tertiary/aromatic N) is 4. The van der Waals surface area contributed by atoms with Crippen molar-refractivity contribution in [2.75, 3.05) is 10.6 Å². The van der Waals surface area contributed by atoms with Crippen LogP contribution >= 0.6 is 0 Å². The molecule has 2 N–H and O–H groups in total. The van der Waals surface area contributed by atoms with Gasteiger partial charge in [0.2, 0.25) is 5.95 Å². The number of hydrogen-bond donors (Lipinski definition) is 2. The van der Waals surface area contributed by atoms with E-state index in [4.69, 9.17) is 5.26 Å². The number of anilines is 4. The summed E-state index contributed by atoms with van der Waals surface area (Å²) in [6, 6.07) is 16.1. The number of nitriles is 1. The number of carbonyl (C=O) groups is 1. The van der Waals surface area contributed by atoms with Crippen LogP contribution in [0.15, 0.2) is 54.7 Å². The number of carbonyl (C=O) groups excluding carboxylic acids is 1. The fourth-order valence-electron chi connectivity index (χ4n) is 2.14. The lowest BCUT2D eigenvalue weighted by Crippen LogP contribution is -2.03. The van der Waals surface area contributed by atoms with Crippen molar-refractivity contribution in [3.63, 3.8) is 0 Å². The molecule has 3 aromatic rings. The summed E-state index contributed by atoms with van der Waals surface area (Å²) in [4.78, 5) is 15.8. The van der Waals surface area contributed by atoms with E-state index in [1.165, 1.54) is 13.1 Å². The Balaban J connectivity index is 1.76. The molecule has 0 fully saturated rings. The molecule has 0 amide bonds. The molecule has 1 heterocycles. The molecule has 3 rings (SSSR count). The number of benzene rings is 2. The third-order valence-electron chi connectivity index (χ3n) is 3.37. The van der Waals surface area contributed by atoms with Crippen LogP contribution in [-0.2, 0) is 0 Å². The topological polar surface area (TPSA) is 104 Å². The highest BCUT2D eigenvalue weighted by molar-refractivity contribution is 5.95. The van der Waals surface area contributed by atoms with E-state index < -0.39 is 0 Å². The van der Waals surface area contributed by atoms with E-state index in [0.29, 0.717) is 22.9 Å². The van der Waals surface area contributed by atoms with Gasteiger partial charge < -0.3 is 10.6 Å². The first-order chi connectivity index (χ1) is 12.1. The van der Waals surface area contributed by atoms with Crippen molar-refractivity contribution in [3.05, 3.63) is 65.9 Å². The van der Waals surface area contributed by atoms with Crippen molar-refractivity contribution in [3.8, 4) is 6.07 Å². The van der Waals surface area contributed by atoms with Crippen molar-refractivity contribution < 1.29 is 4.79 Å². The maximum atomic E-state index is 11.5. The SMILES string of the molecule is CC(=O)c1cccc(Nc2cnnc(Nc3ccc(C#N)cc3)n2)c1. The smallest absolute Gasteiger partial charge is 0.249 e. The van der Waals surface area contributed by atoms with Crippen LogP contribution in [0.3, 0.4) is 0 Å². The van der Waals surface area contributed by atoms with Gasteiger partial charge in [-0.1, -0.05) is 12.1 Å². The van der Waals surface area contributed by atoms with Crippen molar-refractivity contribution in [2.45, 2.75) is 6.92 Å². The standard InChI is InChI=1S/C18H14N6O/c1-12(25)14-3-2-4-16(9-14)21-17-11-20-24-18(23-17)22-15-7-5-13(10-19)6-8-15/h2-9,11H,1H3,(H2,21,22,23,24). The van der Waals surface area contributed by atoms with E-state index in [1.54, 1.807) is 42.5 Å². The van der Waals surface area contributed by atoms with Crippen molar-refractivity contribution in [1.29, 1.82) is 5.26 Å². The quantitative estimate of drug-likeness (QED) is 0.691. The molecule has 7 nitrogen and oxygen atoms in total. The molecule has 25 heavy (non-hydrogen) atoms. The molecular formula is C18H14N6O. The van der Waals surface area contributed by atoms with Crippen LogP contribution < -0.4 is 10.6 Å². The molecule has 1 aromatic heterocycles. The molecule has 0 unspecified atom stereocenters. The van der Waals surface area contributed by atoms with Crippen LogP contribution in [0, 0.1) is 11.3 Å². The second-order valence-electron chi connectivity index (χ2n) is 5.24. The van der Waals surface area contributed by atoms with Gasteiger partial charge in [-0.3, -0.25) is 4.79 Å². The molecule has 0 radical (unpaired) electrons. The summed E-state index contributed by atoms with van der Waals surface area (Å²) >= 11 is 0. The molecule has 7 heteroatoms. The highest BCUT2D eigenvalue weighted by Crippen LogP contribution is 2.18. The van der Waals surface area contributed by atoms with Gasteiger partial charge in [0.1, 0.15) is 0 Å². The second kappa shape index (κ2) is 7.19. The summed E-state index contributed by atoms with van der Waals surface area (Å²) in [5.41, 5.74) is 2.67. The Bertz CT molecular complexity index is 946. The predicted octanol–water partition coefficient (Wildman–Crippen LogP) is 3.43. The van der Waals surface area contributed by atoms with Crippen LogP contribution in [0.1, 0.15) is 22.8 Å². The highest BCUT2D eigenvalue weighted by atomic mass is 16.1. The maximum Gasteiger partial charge on any atom is 0.249 e. The van der Waals surface area contributed by atoms with Crippen LogP contribution in [0.2, 0.25) is 0 Å². The van der Waals surface area contributed by atoms with E-state index in [1.807, 2.05) is 6.07 Å². The van der Waals surface area contributed by atoms with Gasteiger partial charge in [-0.25, -0.2) is 0 Å². The van der Waals surface area contributed by atoms with E-state index in [9.17, 15) is 4.79 Å². The summed E-state index contributed by atoms with van der Waals surface area (Å²) in [5, 5.41) is 22.8. The molecule has 122 valence electrons. The lowest BCUT2D eigenvalue weighted by molar-refractivity contribution is 0.101. The fraction of sp³-hybridized carbons (Fsp3) is 0.0556. The molecule has 0 saturated heterocycles. The number of Topliss-reactive ketones (excluding diaryl/α,β-unsaturated/α-hetero) is 1. The van der Waals surface area contributed by atoms with E-state index >= 15 is 0 Å². The Morgan fingerprint density at radius 1 is 1.08 bits per heavy atom. The van der Waals surface area contributed by atoms with Crippen LogP contribution in [0.5, 0.6) is 0 Å². The van der Waals surface area contributed by atoms with E-state index in [0.717, 1.165) is 11.4 Å². The Morgan fingerprint density at radius 3 is 2.60 bits per heavy atom. The average Bonchev–Trinajstić information content (AvgIpc) is 2.63. The van der Waals surface area contributed by atoms with Crippen molar-refractivity contribution in [1.82, 2.24) is 15.2 Å². The normalized spacial score (nSPS) is 9.92. The molecule has 0 saturated carbocycles. The first kappa shape index (κ1) is 16.1. The van der Waals surface area contributed by atoms with Crippen molar-refractivity contribution in [2.24, 2.45) is 0 Å². The lowest BCUT2D eigenvalue weighted by atomic mass is 10.1. The van der Waals surface area contributed by atoms with E-state index in [-0.39, 0.29) is 5.78 Å². The third kappa shape index (κ3) is 4.14. The molecule has 2 aromatic carbocycles. The van der Waals surface area contributed by atoms with Crippen LogP contribution in [0.25, 0.3) is 0 Å². The maximum absolute atomic E-state index is 11.5. The zero-order valence-electron chi connectivity index (χ0n) is 13.4. The third-order valence-corrected chi connectivity index (χ3v) is 3.37. The Labute approximate surface area is 144 Å².